The van der Waals surface area contributed by atoms with Crippen molar-refractivity contribution in [3.63, 3.8) is 0 Å². The van der Waals surface area contributed by atoms with E-state index in [-0.39, 0.29) is 6.54 Å². The van der Waals surface area contributed by atoms with E-state index in [0.717, 1.165) is 4.57 Å². The van der Waals surface area contributed by atoms with Crippen LogP contribution in [-0.4, -0.2) is 22.2 Å². The minimum absolute atomic E-state index is 0.0489. The largest absolute Gasteiger partial charge is 0.466 e. The highest BCUT2D eigenvalue weighted by Gasteiger charge is 2.04. The minimum Gasteiger partial charge on any atom is -0.466 e. The first-order valence-corrected chi connectivity index (χ1v) is 4.99. The van der Waals surface area contributed by atoms with Gasteiger partial charge in [-0.1, -0.05) is 6.08 Å². The van der Waals surface area contributed by atoms with Gasteiger partial charge in [-0.15, -0.1) is 0 Å². The molecule has 92 valence electrons. The molecule has 0 aromatic carbocycles. The molecule has 0 atom stereocenters. The van der Waals surface area contributed by atoms with Gasteiger partial charge in [0.15, 0.2) is 0 Å². The fraction of sp³-hybridized carbons (Fsp3) is 0.364. The van der Waals surface area contributed by atoms with Gasteiger partial charge in [0.1, 0.15) is 0 Å². The predicted molar refractivity (Wildman–Crippen MR) is 61.7 cm³/mol. The van der Waals surface area contributed by atoms with Crippen molar-refractivity contribution >= 4 is 5.97 Å². The Morgan fingerprint density at radius 2 is 2.12 bits per heavy atom. The quantitative estimate of drug-likeness (QED) is 0.534. The van der Waals surface area contributed by atoms with Crippen molar-refractivity contribution in [1.29, 1.82) is 0 Å². The molecule has 0 aliphatic heterocycles. The van der Waals surface area contributed by atoms with E-state index in [1.165, 1.54) is 30.0 Å². The van der Waals surface area contributed by atoms with E-state index in [9.17, 15) is 14.4 Å². The lowest BCUT2D eigenvalue weighted by molar-refractivity contribution is -0.136. The molecule has 0 unspecified atom stereocenters. The molecule has 17 heavy (non-hydrogen) atoms. The van der Waals surface area contributed by atoms with E-state index in [2.05, 4.69) is 4.74 Å². The molecule has 0 aliphatic carbocycles. The number of allylic oxidation sites excluding steroid dienone is 1. The van der Waals surface area contributed by atoms with E-state index in [4.69, 9.17) is 0 Å². The Kier molecular flexibility index (Phi) is 4.03. The van der Waals surface area contributed by atoms with E-state index >= 15 is 0 Å². The molecular weight excluding hydrogens is 224 g/mol. The first-order valence-electron chi connectivity index (χ1n) is 4.99. The third kappa shape index (κ3) is 2.93. The second-order valence-electron chi connectivity index (χ2n) is 3.54. The van der Waals surface area contributed by atoms with E-state index in [1.807, 2.05) is 0 Å². The fourth-order valence-electron chi connectivity index (χ4n) is 1.25. The van der Waals surface area contributed by atoms with Crippen molar-refractivity contribution in [3.05, 3.63) is 44.8 Å². The summed E-state index contributed by atoms with van der Waals surface area (Å²) in [6.45, 7) is 1.61. The molecule has 1 aromatic rings. The standard InChI is InChI=1S/C11H14N2O4/c1-8(10(15)17-3)4-7-13-9(14)5-6-12(2)11(13)16/h4-6H,7H2,1-3H3. The summed E-state index contributed by atoms with van der Waals surface area (Å²) in [4.78, 5) is 34.2. The number of rotatable bonds is 3. The molecule has 6 heteroatoms. The zero-order valence-corrected chi connectivity index (χ0v) is 9.97. The Hall–Kier alpha value is -2.11. The van der Waals surface area contributed by atoms with Crippen molar-refractivity contribution in [2.24, 2.45) is 7.05 Å². The molecular formula is C11H14N2O4. The summed E-state index contributed by atoms with van der Waals surface area (Å²) >= 11 is 0. The van der Waals surface area contributed by atoms with Crippen molar-refractivity contribution in [1.82, 2.24) is 9.13 Å². The fourth-order valence-corrected chi connectivity index (χ4v) is 1.25. The summed E-state index contributed by atoms with van der Waals surface area (Å²) in [5.41, 5.74) is -0.473. The lowest BCUT2D eigenvalue weighted by atomic mass is 10.3. The van der Waals surface area contributed by atoms with Crippen LogP contribution in [0.15, 0.2) is 33.5 Å². The number of nitrogens with zero attached hydrogens (tertiary/aromatic N) is 2. The van der Waals surface area contributed by atoms with Gasteiger partial charge in [-0.25, -0.2) is 9.59 Å². The Labute approximate surface area is 97.8 Å². The summed E-state index contributed by atoms with van der Waals surface area (Å²) in [5.74, 6) is -0.481. The minimum atomic E-state index is -0.481. The van der Waals surface area contributed by atoms with Gasteiger partial charge in [0.25, 0.3) is 5.56 Å². The number of aromatic nitrogens is 2. The Bertz CT molecular complexity index is 566. The number of carbonyl (C=O) groups is 1. The second kappa shape index (κ2) is 5.29. The van der Waals surface area contributed by atoms with Crippen LogP contribution in [0.3, 0.4) is 0 Å². The van der Waals surface area contributed by atoms with Gasteiger partial charge in [-0.2, -0.15) is 0 Å². The van der Waals surface area contributed by atoms with E-state index < -0.39 is 17.2 Å². The van der Waals surface area contributed by atoms with Gasteiger partial charge in [-0.3, -0.25) is 9.36 Å². The molecule has 1 heterocycles. The molecule has 0 saturated heterocycles. The zero-order chi connectivity index (χ0) is 13.0. The van der Waals surface area contributed by atoms with Gasteiger partial charge in [-0.05, 0) is 6.92 Å². The van der Waals surface area contributed by atoms with Crippen LogP contribution in [0.5, 0.6) is 0 Å². The smallest absolute Gasteiger partial charge is 0.333 e. The Morgan fingerprint density at radius 1 is 1.47 bits per heavy atom. The van der Waals surface area contributed by atoms with Crippen molar-refractivity contribution in [2.75, 3.05) is 7.11 Å². The second-order valence-corrected chi connectivity index (χ2v) is 3.54. The first kappa shape index (κ1) is 13.0. The van der Waals surface area contributed by atoms with E-state index in [0.29, 0.717) is 5.57 Å². The van der Waals surface area contributed by atoms with Crippen LogP contribution in [0.4, 0.5) is 0 Å². The Balaban J connectivity index is 3.06. The summed E-state index contributed by atoms with van der Waals surface area (Å²) in [7, 11) is 2.82. The highest BCUT2D eigenvalue weighted by Crippen LogP contribution is 1.95. The summed E-state index contributed by atoms with van der Waals surface area (Å²) in [6, 6.07) is 1.29. The molecule has 0 bridgehead atoms. The maximum absolute atomic E-state index is 11.6. The Morgan fingerprint density at radius 3 is 2.71 bits per heavy atom. The average molecular weight is 238 g/mol. The van der Waals surface area contributed by atoms with Crippen LogP contribution in [0.25, 0.3) is 0 Å². The molecule has 0 N–H and O–H groups in total. The summed E-state index contributed by atoms with van der Waals surface area (Å²) < 4.78 is 6.84. The van der Waals surface area contributed by atoms with Crippen molar-refractivity contribution < 1.29 is 9.53 Å². The zero-order valence-electron chi connectivity index (χ0n) is 9.97. The number of hydrogen-bond acceptors (Lipinski definition) is 4. The number of ether oxygens (including phenoxy) is 1. The number of aryl methyl sites for hydroxylation is 1. The predicted octanol–water partition coefficient (Wildman–Crippen LogP) is -0.334. The number of hydrogen-bond donors (Lipinski definition) is 0. The lowest BCUT2D eigenvalue weighted by Gasteiger charge is -2.04. The maximum Gasteiger partial charge on any atom is 0.333 e. The molecule has 1 aromatic heterocycles. The highest BCUT2D eigenvalue weighted by atomic mass is 16.5. The third-order valence-corrected chi connectivity index (χ3v) is 2.33. The number of methoxy groups -OCH3 is 1. The third-order valence-electron chi connectivity index (χ3n) is 2.33. The lowest BCUT2D eigenvalue weighted by Crippen LogP contribution is -2.37. The van der Waals surface area contributed by atoms with E-state index in [1.54, 1.807) is 14.0 Å². The molecule has 0 spiro atoms. The highest BCUT2D eigenvalue weighted by molar-refractivity contribution is 5.87. The van der Waals surface area contributed by atoms with Crippen LogP contribution in [-0.2, 0) is 23.1 Å². The van der Waals surface area contributed by atoms with Crippen LogP contribution < -0.4 is 11.2 Å². The molecule has 6 nitrogen and oxygen atoms in total. The summed E-state index contributed by atoms with van der Waals surface area (Å²) in [6.07, 6.45) is 2.88. The first-order chi connectivity index (χ1) is 7.97. The average Bonchev–Trinajstić information content (AvgIpc) is 2.32. The van der Waals surface area contributed by atoms with Crippen LogP contribution in [0.1, 0.15) is 6.92 Å². The molecule has 0 fully saturated rings. The van der Waals surface area contributed by atoms with Gasteiger partial charge in [0.05, 0.1) is 7.11 Å². The SMILES string of the molecule is COC(=O)C(C)=CCn1c(=O)ccn(C)c1=O. The molecule has 0 amide bonds. The van der Waals surface area contributed by atoms with Gasteiger partial charge in [0.2, 0.25) is 0 Å². The topological polar surface area (TPSA) is 70.3 Å². The monoisotopic (exact) mass is 238 g/mol. The van der Waals surface area contributed by atoms with Gasteiger partial charge in [0, 0.05) is 31.4 Å². The van der Waals surface area contributed by atoms with Crippen LogP contribution >= 0.6 is 0 Å². The molecule has 0 radical (unpaired) electrons. The number of esters is 1. The van der Waals surface area contributed by atoms with Gasteiger partial charge >= 0.3 is 11.7 Å². The summed E-state index contributed by atoms with van der Waals surface area (Å²) in [5, 5.41) is 0. The van der Waals surface area contributed by atoms with Crippen molar-refractivity contribution in [3.8, 4) is 0 Å². The molecule has 1 rings (SSSR count). The molecule has 0 aliphatic rings. The maximum atomic E-state index is 11.6. The van der Waals surface area contributed by atoms with Crippen LogP contribution in [0, 0.1) is 0 Å². The van der Waals surface area contributed by atoms with Crippen LogP contribution in [0.2, 0.25) is 0 Å². The molecule has 0 saturated carbocycles. The van der Waals surface area contributed by atoms with Gasteiger partial charge < -0.3 is 9.30 Å². The van der Waals surface area contributed by atoms with Crippen molar-refractivity contribution in [2.45, 2.75) is 13.5 Å². The number of carbonyl (C=O) groups excluding carboxylic acids is 1. The normalized spacial score (nSPS) is 11.4.